The van der Waals surface area contributed by atoms with Gasteiger partial charge in [-0.25, -0.2) is 17.2 Å². The van der Waals surface area contributed by atoms with Crippen LogP contribution in [0.15, 0.2) is 47.4 Å². The van der Waals surface area contributed by atoms with Gasteiger partial charge in [-0.1, -0.05) is 12.1 Å². The van der Waals surface area contributed by atoms with Crippen molar-refractivity contribution in [2.24, 2.45) is 0 Å². The lowest BCUT2D eigenvalue weighted by Crippen LogP contribution is -2.14. The van der Waals surface area contributed by atoms with Crippen LogP contribution in [0.2, 0.25) is 0 Å². The summed E-state index contributed by atoms with van der Waals surface area (Å²) >= 11 is 0. The molecule has 0 unspecified atom stereocenters. The molecule has 20 heavy (non-hydrogen) atoms. The van der Waals surface area contributed by atoms with Crippen LogP contribution in [0.3, 0.4) is 0 Å². The van der Waals surface area contributed by atoms with Crippen molar-refractivity contribution in [2.75, 3.05) is 11.8 Å². The second kappa shape index (κ2) is 5.46. The van der Waals surface area contributed by atoms with E-state index in [0.717, 1.165) is 12.1 Å². The van der Waals surface area contributed by atoms with Gasteiger partial charge in [-0.15, -0.1) is 0 Å². The number of nitrogens with one attached hydrogen (secondary N) is 1. The first-order valence-electron chi connectivity index (χ1n) is 5.55. The molecule has 0 radical (unpaired) electrons. The zero-order valence-corrected chi connectivity index (χ0v) is 11.2. The van der Waals surface area contributed by atoms with Crippen molar-refractivity contribution in [3.63, 3.8) is 0 Å². The topological polar surface area (TPSA) is 55.4 Å². The molecule has 0 saturated carbocycles. The minimum absolute atomic E-state index is 0.0742. The molecule has 106 valence electrons. The Kier molecular flexibility index (Phi) is 3.89. The van der Waals surface area contributed by atoms with Crippen LogP contribution in [-0.4, -0.2) is 15.5 Å². The van der Waals surface area contributed by atoms with Gasteiger partial charge in [-0.2, -0.15) is 0 Å². The fourth-order valence-corrected chi connectivity index (χ4v) is 2.64. The van der Waals surface area contributed by atoms with Crippen molar-refractivity contribution in [2.45, 2.75) is 4.90 Å². The molecule has 0 heterocycles. The molecule has 0 saturated heterocycles. The van der Waals surface area contributed by atoms with Crippen molar-refractivity contribution in [3.8, 4) is 5.75 Å². The lowest BCUT2D eigenvalue weighted by Gasteiger charge is -2.09. The smallest absolute Gasteiger partial charge is 0.262 e. The van der Waals surface area contributed by atoms with E-state index in [4.69, 9.17) is 4.74 Å². The Hall–Kier alpha value is -2.15. The highest BCUT2D eigenvalue weighted by Gasteiger charge is 2.18. The first-order valence-corrected chi connectivity index (χ1v) is 7.03. The Morgan fingerprint density at radius 1 is 1.05 bits per heavy atom. The van der Waals surface area contributed by atoms with E-state index in [1.807, 2.05) is 0 Å². The number of rotatable bonds is 4. The van der Waals surface area contributed by atoms with E-state index in [1.165, 1.54) is 37.4 Å². The standard InChI is InChI=1S/C13H11F2NO3S/c1-19-13-7-6-9(8-11(13)15)20(17,18)16-12-5-3-2-4-10(12)14/h2-8,16H,1H3. The van der Waals surface area contributed by atoms with Gasteiger partial charge in [0.15, 0.2) is 11.6 Å². The number of sulfonamides is 1. The molecule has 0 amide bonds. The number of methoxy groups -OCH3 is 1. The second-order valence-electron chi connectivity index (χ2n) is 3.88. The van der Waals surface area contributed by atoms with Crippen molar-refractivity contribution in [1.82, 2.24) is 0 Å². The van der Waals surface area contributed by atoms with Gasteiger partial charge in [0.1, 0.15) is 5.82 Å². The molecule has 0 aliphatic carbocycles. The summed E-state index contributed by atoms with van der Waals surface area (Å²) in [5, 5.41) is 0. The Labute approximate surface area is 115 Å². The van der Waals surface area contributed by atoms with E-state index in [1.54, 1.807) is 0 Å². The Balaban J connectivity index is 2.36. The molecule has 2 rings (SSSR count). The third-order valence-corrected chi connectivity index (χ3v) is 3.91. The van der Waals surface area contributed by atoms with Gasteiger partial charge in [-0.3, -0.25) is 4.72 Å². The Bertz CT molecular complexity index is 732. The van der Waals surface area contributed by atoms with Gasteiger partial charge < -0.3 is 4.74 Å². The van der Waals surface area contributed by atoms with Gasteiger partial charge >= 0.3 is 0 Å². The van der Waals surface area contributed by atoms with Crippen molar-refractivity contribution in [1.29, 1.82) is 0 Å². The summed E-state index contributed by atoms with van der Waals surface area (Å²) in [7, 11) is -2.80. The maximum absolute atomic E-state index is 13.5. The number of anilines is 1. The SMILES string of the molecule is COc1ccc(S(=O)(=O)Nc2ccccc2F)cc1F. The monoisotopic (exact) mass is 299 g/mol. The second-order valence-corrected chi connectivity index (χ2v) is 5.56. The van der Waals surface area contributed by atoms with Gasteiger partial charge in [0, 0.05) is 0 Å². The minimum Gasteiger partial charge on any atom is -0.494 e. The normalized spacial score (nSPS) is 11.2. The summed E-state index contributed by atoms with van der Waals surface area (Å²) in [5.74, 6) is -1.61. The zero-order valence-electron chi connectivity index (χ0n) is 10.4. The Morgan fingerprint density at radius 2 is 1.75 bits per heavy atom. The quantitative estimate of drug-likeness (QED) is 0.944. The molecule has 0 aromatic heterocycles. The molecular weight excluding hydrogens is 288 g/mol. The Morgan fingerprint density at radius 3 is 2.35 bits per heavy atom. The molecule has 2 aromatic carbocycles. The van der Waals surface area contributed by atoms with Crippen LogP contribution in [0.5, 0.6) is 5.75 Å². The number of para-hydroxylation sites is 1. The van der Waals surface area contributed by atoms with E-state index in [9.17, 15) is 17.2 Å². The predicted octanol–water partition coefficient (Wildman–Crippen LogP) is 2.77. The molecule has 0 aliphatic heterocycles. The molecule has 0 atom stereocenters. The number of benzene rings is 2. The summed E-state index contributed by atoms with van der Waals surface area (Å²) in [6, 6.07) is 8.47. The molecule has 0 bridgehead atoms. The number of halogens is 2. The highest BCUT2D eigenvalue weighted by Crippen LogP contribution is 2.23. The van der Waals surface area contributed by atoms with Crippen molar-refractivity contribution >= 4 is 15.7 Å². The largest absolute Gasteiger partial charge is 0.494 e. The summed E-state index contributed by atoms with van der Waals surface area (Å²) in [5.41, 5.74) is -0.205. The van der Waals surface area contributed by atoms with E-state index in [0.29, 0.717) is 0 Å². The van der Waals surface area contributed by atoms with Gasteiger partial charge in [0.05, 0.1) is 17.7 Å². The number of hydrogen-bond acceptors (Lipinski definition) is 3. The van der Waals surface area contributed by atoms with E-state index in [-0.39, 0.29) is 16.3 Å². The molecule has 1 N–H and O–H groups in total. The first kappa shape index (κ1) is 14.3. The number of hydrogen-bond donors (Lipinski definition) is 1. The lowest BCUT2D eigenvalue weighted by atomic mass is 10.3. The van der Waals surface area contributed by atoms with Crippen LogP contribution >= 0.6 is 0 Å². The van der Waals surface area contributed by atoms with E-state index < -0.39 is 21.7 Å². The van der Waals surface area contributed by atoms with Gasteiger partial charge in [-0.05, 0) is 30.3 Å². The highest BCUT2D eigenvalue weighted by atomic mass is 32.2. The third-order valence-electron chi connectivity index (χ3n) is 2.55. The van der Waals surface area contributed by atoms with Crippen LogP contribution in [0.25, 0.3) is 0 Å². The maximum atomic E-state index is 13.5. The molecular formula is C13H11F2NO3S. The molecule has 7 heteroatoms. The minimum atomic E-state index is -4.07. The van der Waals surface area contributed by atoms with Crippen LogP contribution in [0.4, 0.5) is 14.5 Å². The van der Waals surface area contributed by atoms with Crippen molar-refractivity contribution in [3.05, 3.63) is 54.1 Å². The lowest BCUT2D eigenvalue weighted by molar-refractivity contribution is 0.385. The van der Waals surface area contributed by atoms with Crippen LogP contribution in [0.1, 0.15) is 0 Å². The van der Waals surface area contributed by atoms with E-state index >= 15 is 0 Å². The average molecular weight is 299 g/mol. The van der Waals surface area contributed by atoms with E-state index in [2.05, 4.69) is 4.72 Å². The molecule has 4 nitrogen and oxygen atoms in total. The summed E-state index contributed by atoms with van der Waals surface area (Å²) in [6.07, 6.45) is 0. The first-order chi connectivity index (χ1) is 9.44. The predicted molar refractivity (Wildman–Crippen MR) is 70.2 cm³/mol. The summed E-state index contributed by atoms with van der Waals surface area (Å²) < 4.78 is 57.7. The van der Waals surface area contributed by atoms with Crippen LogP contribution in [-0.2, 0) is 10.0 Å². The van der Waals surface area contributed by atoms with Crippen LogP contribution < -0.4 is 9.46 Å². The van der Waals surface area contributed by atoms with Crippen molar-refractivity contribution < 1.29 is 21.9 Å². The fourth-order valence-electron chi connectivity index (χ4n) is 1.56. The summed E-state index contributed by atoms with van der Waals surface area (Å²) in [6.45, 7) is 0. The van der Waals surface area contributed by atoms with Crippen LogP contribution in [0, 0.1) is 11.6 Å². The molecule has 0 fully saturated rings. The molecule has 0 aliphatic rings. The highest BCUT2D eigenvalue weighted by molar-refractivity contribution is 7.92. The zero-order chi connectivity index (χ0) is 14.8. The summed E-state index contributed by atoms with van der Waals surface area (Å²) in [4.78, 5) is -0.320. The molecule has 0 spiro atoms. The molecule has 2 aromatic rings. The van der Waals surface area contributed by atoms with Gasteiger partial charge in [0.25, 0.3) is 10.0 Å². The van der Waals surface area contributed by atoms with Gasteiger partial charge in [0.2, 0.25) is 0 Å². The fraction of sp³-hybridized carbons (Fsp3) is 0.0769. The third kappa shape index (κ3) is 2.88. The average Bonchev–Trinajstić information content (AvgIpc) is 2.41. The maximum Gasteiger partial charge on any atom is 0.262 e. The number of ether oxygens (including phenoxy) is 1.